The van der Waals surface area contributed by atoms with Gasteiger partial charge in [-0.05, 0) is 57.2 Å². The fourth-order valence-corrected chi connectivity index (χ4v) is 3.81. The summed E-state index contributed by atoms with van der Waals surface area (Å²) in [5.41, 5.74) is 1.41. The highest BCUT2D eigenvalue weighted by atomic mass is 32.1. The first-order chi connectivity index (χ1) is 9.56. The van der Waals surface area contributed by atoms with Gasteiger partial charge in [0.1, 0.15) is 0 Å². The second-order valence-corrected chi connectivity index (χ2v) is 7.40. The number of rotatable bonds is 5. The van der Waals surface area contributed by atoms with Crippen LogP contribution in [-0.4, -0.2) is 25.0 Å². The van der Waals surface area contributed by atoms with E-state index >= 15 is 0 Å². The number of thiophene rings is 1. The number of amides is 1. The van der Waals surface area contributed by atoms with Gasteiger partial charge in [0.05, 0.1) is 0 Å². The summed E-state index contributed by atoms with van der Waals surface area (Å²) in [6.45, 7) is 8.52. The average Bonchev–Trinajstić information content (AvgIpc) is 2.71. The van der Waals surface area contributed by atoms with Crippen LogP contribution in [0.25, 0.3) is 0 Å². The van der Waals surface area contributed by atoms with Gasteiger partial charge >= 0.3 is 0 Å². The molecule has 0 spiro atoms. The number of nitrogens with one attached hydrogen (secondary N) is 2. The van der Waals surface area contributed by atoms with Crippen LogP contribution in [0.5, 0.6) is 0 Å². The molecular weight excluding hydrogens is 268 g/mol. The number of piperidine rings is 1. The summed E-state index contributed by atoms with van der Waals surface area (Å²) >= 11 is 1.85. The van der Waals surface area contributed by atoms with Gasteiger partial charge < -0.3 is 10.6 Å². The van der Waals surface area contributed by atoms with Gasteiger partial charge in [-0.2, -0.15) is 0 Å². The maximum absolute atomic E-state index is 12.0. The number of aryl methyl sites for hydroxylation is 3. The van der Waals surface area contributed by atoms with Gasteiger partial charge in [-0.3, -0.25) is 4.79 Å². The predicted molar refractivity (Wildman–Crippen MR) is 85.3 cm³/mol. The van der Waals surface area contributed by atoms with E-state index in [0.29, 0.717) is 18.4 Å². The van der Waals surface area contributed by atoms with Crippen molar-refractivity contribution in [1.29, 1.82) is 0 Å². The third-order valence-corrected chi connectivity index (χ3v) is 5.18. The Bertz CT molecular complexity index is 455. The molecular formula is C16H26N2OS. The smallest absolute Gasteiger partial charge is 0.220 e. The zero-order valence-corrected chi connectivity index (χ0v) is 13.6. The van der Waals surface area contributed by atoms with E-state index in [9.17, 15) is 4.79 Å². The molecule has 1 aromatic rings. The lowest BCUT2D eigenvalue weighted by molar-refractivity contribution is -0.122. The Kier molecular flexibility index (Phi) is 5.61. The number of carbonyl (C=O) groups excluding carboxylic acids is 1. The molecule has 2 N–H and O–H groups in total. The standard InChI is InChI=1S/C16H26N2OS/c1-11-7-8-17-10-15(11)18-16(19)6-4-5-14-9-12(2)20-13(14)3/h9,11,15,17H,4-8,10H2,1-3H3,(H,18,19). The zero-order valence-electron chi connectivity index (χ0n) is 12.8. The lowest BCUT2D eigenvalue weighted by Crippen LogP contribution is -2.50. The van der Waals surface area contributed by atoms with Crippen molar-refractivity contribution in [3.05, 3.63) is 21.4 Å². The van der Waals surface area contributed by atoms with Crippen molar-refractivity contribution in [3.8, 4) is 0 Å². The summed E-state index contributed by atoms with van der Waals surface area (Å²) in [4.78, 5) is 14.8. The molecule has 4 heteroatoms. The molecule has 2 heterocycles. The van der Waals surface area contributed by atoms with Crippen LogP contribution < -0.4 is 10.6 Å². The fourth-order valence-electron chi connectivity index (χ4n) is 2.83. The van der Waals surface area contributed by atoms with Gasteiger partial charge in [-0.15, -0.1) is 11.3 Å². The van der Waals surface area contributed by atoms with Gasteiger partial charge in [-0.25, -0.2) is 0 Å². The molecule has 3 nitrogen and oxygen atoms in total. The van der Waals surface area contributed by atoms with Gasteiger partial charge in [0.15, 0.2) is 0 Å². The minimum Gasteiger partial charge on any atom is -0.352 e. The van der Waals surface area contributed by atoms with Crippen LogP contribution in [-0.2, 0) is 11.2 Å². The van der Waals surface area contributed by atoms with E-state index in [-0.39, 0.29) is 5.91 Å². The molecule has 0 aromatic carbocycles. The minimum absolute atomic E-state index is 0.204. The van der Waals surface area contributed by atoms with Crippen molar-refractivity contribution in [3.63, 3.8) is 0 Å². The molecule has 1 aliphatic heterocycles. The quantitative estimate of drug-likeness (QED) is 0.877. The van der Waals surface area contributed by atoms with Crippen LogP contribution in [0.1, 0.15) is 41.5 Å². The highest BCUT2D eigenvalue weighted by molar-refractivity contribution is 7.12. The third kappa shape index (κ3) is 4.32. The highest BCUT2D eigenvalue weighted by Crippen LogP contribution is 2.22. The molecule has 2 rings (SSSR count). The molecule has 1 amide bonds. The van der Waals surface area contributed by atoms with Crippen LogP contribution in [0, 0.1) is 19.8 Å². The fraction of sp³-hybridized carbons (Fsp3) is 0.688. The molecule has 0 saturated carbocycles. The predicted octanol–water partition coefficient (Wildman–Crippen LogP) is 2.80. The first-order valence-electron chi connectivity index (χ1n) is 7.62. The van der Waals surface area contributed by atoms with E-state index in [4.69, 9.17) is 0 Å². The Balaban J connectivity index is 1.71. The van der Waals surface area contributed by atoms with Gasteiger partial charge in [0.2, 0.25) is 5.91 Å². The van der Waals surface area contributed by atoms with E-state index in [2.05, 4.69) is 37.5 Å². The Hall–Kier alpha value is -0.870. The maximum Gasteiger partial charge on any atom is 0.220 e. The van der Waals surface area contributed by atoms with Gasteiger partial charge in [-0.1, -0.05) is 6.92 Å². The second kappa shape index (κ2) is 7.23. The number of hydrogen-bond acceptors (Lipinski definition) is 3. The molecule has 2 unspecified atom stereocenters. The van der Waals surface area contributed by atoms with Gasteiger partial charge in [0, 0.05) is 28.8 Å². The van der Waals surface area contributed by atoms with Crippen molar-refractivity contribution in [1.82, 2.24) is 10.6 Å². The van der Waals surface area contributed by atoms with Crippen molar-refractivity contribution in [2.75, 3.05) is 13.1 Å². The molecule has 1 aromatic heterocycles. The Morgan fingerprint density at radius 1 is 1.50 bits per heavy atom. The molecule has 1 fully saturated rings. The lowest BCUT2D eigenvalue weighted by atomic mass is 9.94. The second-order valence-electron chi connectivity index (χ2n) is 5.94. The molecule has 112 valence electrons. The Morgan fingerprint density at radius 3 is 2.95 bits per heavy atom. The van der Waals surface area contributed by atoms with Crippen LogP contribution in [0.15, 0.2) is 6.07 Å². The number of carbonyl (C=O) groups is 1. The summed E-state index contributed by atoms with van der Waals surface area (Å²) in [5, 5.41) is 6.53. The molecule has 20 heavy (non-hydrogen) atoms. The normalized spacial score (nSPS) is 22.8. The molecule has 0 aliphatic carbocycles. The van der Waals surface area contributed by atoms with Gasteiger partial charge in [0.25, 0.3) is 0 Å². The number of hydrogen-bond donors (Lipinski definition) is 2. The SMILES string of the molecule is Cc1cc(CCCC(=O)NC2CNCCC2C)c(C)s1. The Morgan fingerprint density at radius 2 is 2.30 bits per heavy atom. The van der Waals surface area contributed by atoms with E-state index < -0.39 is 0 Å². The topological polar surface area (TPSA) is 41.1 Å². The summed E-state index contributed by atoms with van der Waals surface area (Å²) in [7, 11) is 0. The summed E-state index contributed by atoms with van der Waals surface area (Å²) in [6, 6.07) is 2.56. The third-order valence-electron chi connectivity index (χ3n) is 4.17. The van der Waals surface area contributed by atoms with Crippen molar-refractivity contribution >= 4 is 17.2 Å². The van der Waals surface area contributed by atoms with Crippen LogP contribution in [0.4, 0.5) is 0 Å². The average molecular weight is 294 g/mol. The van der Waals surface area contributed by atoms with E-state index in [1.807, 2.05) is 11.3 Å². The molecule has 1 aliphatic rings. The zero-order chi connectivity index (χ0) is 14.5. The molecule has 2 atom stereocenters. The van der Waals surface area contributed by atoms with E-state index in [1.165, 1.54) is 15.3 Å². The summed E-state index contributed by atoms with van der Waals surface area (Å²) < 4.78 is 0. The van der Waals surface area contributed by atoms with E-state index in [1.54, 1.807) is 0 Å². The minimum atomic E-state index is 0.204. The molecule has 1 saturated heterocycles. The first-order valence-corrected chi connectivity index (χ1v) is 8.44. The van der Waals surface area contributed by atoms with Crippen LogP contribution in [0.3, 0.4) is 0 Å². The van der Waals surface area contributed by atoms with Crippen LogP contribution >= 0.6 is 11.3 Å². The van der Waals surface area contributed by atoms with Crippen molar-refractivity contribution in [2.24, 2.45) is 5.92 Å². The van der Waals surface area contributed by atoms with Crippen molar-refractivity contribution < 1.29 is 4.79 Å². The molecule has 0 radical (unpaired) electrons. The first kappa shape index (κ1) is 15.5. The monoisotopic (exact) mass is 294 g/mol. The largest absolute Gasteiger partial charge is 0.352 e. The lowest BCUT2D eigenvalue weighted by Gasteiger charge is -2.30. The summed E-state index contributed by atoms with van der Waals surface area (Å²) in [5.74, 6) is 0.789. The van der Waals surface area contributed by atoms with Crippen LogP contribution in [0.2, 0.25) is 0 Å². The molecule has 0 bridgehead atoms. The Labute approximate surface area is 126 Å². The highest BCUT2D eigenvalue weighted by Gasteiger charge is 2.22. The van der Waals surface area contributed by atoms with Crippen molar-refractivity contribution in [2.45, 2.75) is 52.5 Å². The van der Waals surface area contributed by atoms with E-state index in [0.717, 1.165) is 32.4 Å². The summed E-state index contributed by atoms with van der Waals surface area (Å²) in [6.07, 6.45) is 3.75. The maximum atomic E-state index is 12.0.